The van der Waals surface area contributed by atoms with Gasteiger partial charge in [-0.05, 0) is 18.4 Å². The molecule has 2 heterocycles. The van der Waals surface area contributed by atoms with Gasteiger partial charge in [-0.2, -0.15) is 0 Å². The van der Waals surface area contributed by atoms with Crippen molar-refractivity contribution in [3.8, 4) is 0 Å². The highest BCUT2D eigenvalue weighted by atomic mass is 32.2. The zero-order valence-electron chi connectivity index (χ0n) is 10.3. The molecule has 0 radical (unpaired) electrons. The van der Waals surface area contributed by atoms with Crippen molar-refractivity contribution in [1.29, 1.82) is 0 Å². The fraction of sp³-hybridized carbons (Fsp3) is 0.455. The number of hydrogen-bond acceptors (Lipinski definition) is 7. The molecule has 98 valence electrons. The lowest BCUT2D eigenvalue weighted by molar-refractivity contribution is 0.484. The molecule has 0 aliphatic heterocycles. The molecule has 0 aliphatic carbocycles. The smallest absolute Gasteiger partial charge is 0.175 e. The number of nitrogens with zero attached hydrogens (tertiary/aromatic N) is 2. The standard InChI is InChI=1S/C11H15N3OS3/c1-8(6-12-7-9-4-3-5-15-9)17-11-14-13-10(16-2)18-11/h3-5,8,12H,6-7H2,1-2H3. The minimum atomic E-state index is 0.461. The van der Waals surface area contributed by atoms with Gasteiger partial charge in [0.2, 0.25) is 0 Å². The normalized spacial score (nSPS) is 12.8. The summed E-state index contributed by atoms with van der Waals surface area (Å²) in [5.41, 5.74) is 0. The van der Waals surface area contributed by atoms with E-state index in [-0.39, 0.29) is 0 Å². The predicted octanol–water partition coefficient (Wildman–Crippen LogP) is 3.12. The van der Waals surface area contributed by atoms with E-state index in [4.69, 9.17) is 4.42 Å². The molecule has 1 unspecified atom stereocenters. The Balaban J connectivity index is 1.70. The topological polar surface area (TPSA) is 51.0 Å². The Kier molecular flexibility index (Phi) is 5.55. The van der Waals surface area contributed by atoms with Gasteiger partial charge in [0.1, 0.15) is 5.76 Å². The molecule has 4 nitrogen and oxygen atoms in total. The Morgan fingerprint density at radius 3 is 2.94 bits per heavy atom. The molecular formula is C11H15N3OS3. The lowest BCUT2D eigenvalue weighted by Gasteiger charge is -2.09. The largest absolute Gasteiger partial charge is 0.468 e. The first-order valence-electron chi connectivity index (χ1n) is 5.55. The molecule has 0 fully saturated rings. The molecule has 0 aromatic carbocycles. The summed E-state index contributed by atoms with van der Waals surface area (Å²) in [4.78, 5) is 0. The van der Waals surface area contributed by atoms with Gasteiger partial charge in [-0.3, -0.25) is 0 Å². The fourth-order valence-electron chi connectivity index (χ4n) is 1.35. The molecule has 1 N–H and O–H groups in total. The predicted molar refractivity (Wildman–Crippen MR) is 77.4 cm³/mol. The van der Waals surface area contributed by atoms with Crippen LogP contribution >= 0.6 is 34.9 Å². The highest BCUT2D eigenvalue weighted by molar-refractivity contribution is 8.03. The van der Waals surface area contributed by atoms with Crippen molar-refractivity contribution >= 4 is 34.9 Å². The van der Waals surface area contributed by atoms with Crippen LogP contribution in [0.2, 0.25) is 0 Å². The molecule has 7 heteroatoms. The zero-order valence-corrected chi connectivity index (χ0v) is 12.7. The maximum Gasteiger partial charge on any atom is 0.175 e. The number of thioether (sulfide) groups is 2. The van der Waals surface area contributed by atoms with Gasteiger partial charge in [0.05, 0.1) is 12.8 Å². The minimum Gasteiger partial charge on any atom is -0.468 e. The highest BCUT2D eigenvalue weighted by Gasteiger charge is 2.09. The van der Waals surface area contributed by atoms with Crippen molar-refractivity contribution in [2.24, 2.45) is 0 Å². The quantitative estimate of drug-likeness (QED) is 0.793. The summed E-state index contributed by atoms with van der Waals surface area (Å²) in [6.45, 7) is 3.86. The molecular weight excluding hydrogens is 286 g/mol. The summed E-state index contributed by atoms with van der Waals surface area (Å²) in [5, 5.41) is 12.1. The zero-order chi connectivity index (χ0) is 12.8. The maximum absolute atomic E-state index is 5.26. The third-order valence-corrected chi connectivity index (χ3v) is 5.26. The van der Waals surface area contributed by atoms with Crippen molar-refractivity contribution in [1.82, 2.24) is 15.5 Å². The summed E-state index contributed by atoms with van der Waals surface area (Å²) >= 11 is 5.04. The molecule has 1 atom stereocenters. The maximum atomic E-state index is 5.26. The van der Waals surface area contributed by atoms with Crippen molar-refractivity contribution in [3.63, 3.8) is 0 Å². The molecule has 18 heavy (non-hydrogen) atoms. The van der Waals surface area contributed by atoms with Crippen LogP contribution in [-0.4, -0.2) is 28.2 Å². The Morgan fingerprint density at radius 1 is 1.44 bits per heavy atom. The van der Waals surface area contributed by atoms with Crippen LogP contribution < -0.4 is 5.32 Å². The van der Waals surface area contributed by atoms with Crippen LogP contribution in [0.25, 0.3) is 0 Å². The second-order valence-corrected chi connectivity index (χ2v) is 7.39. The summed E-state index contributed by atoms with van der Waals surface area (Å²) < 4.78 is 7.31. The SMILES string of the molecule is CSc1nnc(SC(C)CNCc2ccco2)s1. The third-order valence-electron chi connectivity index (χ3n) is 2.18. The van der Waals surface area contributed by atoms with Gasteiger partial charge in [-0.15, -0.1) is 10.2 Å². The van der Waals surface area contributed by atoms with Crippen LogP contribution in [-0.2, 0) is 6.54 Å². The van der Waals surface area contributed by atoms with Crippen LogP contribution in [0.15, 0.2) is 31.5 Å². The van der Waals surface area contributed by atoms with Gasteiger partial charge >= 0.3 is 0 Å². The van der Waals surface area contributed by atoms with Gasteiger partial charge in [-0.1, -0.05) is 41.8 Å². The first kappa shape index (κ1) is 13.9. The molecule has 0 spiro atoms. The first-order chi connectivity index (χ1) is 8.78. The molecule has 0 aliphatic rings. The van der Waals surface area contributed by atoms with Crippen molar-refractivity contribution in [2.75, 3.05) is 12.8 Å². The van der Waals surface area contributed by atoms with E-state index in [1.54, 1.807) is 41.1 Å². The van der Waals surface area contributed by atoms with Crippen molar-refractivity contribution in [2.45, 2.75) is 27.4 Å². The second-order valence-electron chi connectivity index (χ2n) is 3.68. The molecule has 2 aromatic rings. The number of aromatic nitrogens is 2. The number of rotatable bonds is 7. The summed E-state index contributed by atoms with van der Waals surface area (Å²) in [6, 6.07) is 3.88. The number of furan rings is 1. The molecule has 0 bridgehead atoms. The van der Waals surface area contributed by atoms with E-state index in [2.05, 4.69) is 22.4 Å². The Labute approximate surface area is 119 Å². The van der Waals surface area contributed by atoms with Crippen LogP contribution in [0, 0.1) is 0 Å². The molecule has 0 saturated carbocycles. The van der Waals surface area contributed by atoms with Gasteiger partial charge in [0, 0.05) is 11.8 Å². The van der Waals surface area contributed by atoms with Gasteiger partial charge in [0.15, 0.2) is 8.68 Å². The van der Waals surface area contributed by atoms with E-state index >= 15 is 0 Å². The highest BCUT2D eigenvalue weighted by Crippen LogP contribution is 2.29. The summed E-state index contributed by atoms with van der Waals surface area (Å²) in [6.07, 6.45) is 3.71. The van der Waals surface area contributed by atoms with Crippen LogP contribution in [0.5, 0.6) is 0 Å². The Hall–Kier alpha value is -0.500. The average Bonchev–Trinajstić information content (AvgIpc) is 3.00. The van der Waals surface area contributed by atoms with E-state index in [0.717, 1.165) is 27.5 Å². The molecule has 0 saturated heterocycles. The molecule has 0 amide bonds. The summed E-state index contributed by atoms with van der Waals surface area (Å²) in [5.74, 6) is 0.966. The first-order valence-corrected chi connectivity index (χ1v) is 8.47. The Bertz CT molecular complexity index is 458. The van der Waals surface area contributed by atoms with Crippen LogP contribution in [0.4, 0.5) is 0 Å². The monoisotopic (exact) mass is 301 g/mol. The fourth-order valence-corrected chi connectivity index (χ4v) is 4.07. The van der Waals surface area contributed by atoms with E-state index in [9.17, 15) is 0 Å². The van der Waals surface area contributed by atoms with Crippen molar-refractivity contribution < 1.29 is 4.42 Å². The average molecular weight is 301 g/mol. The minimum absolute atomic E-state index is 0.461. The van der Waals surface area contributed by atoms with E-state index in [0.29, 0.717) is 5.25 Å². The van der Waals surface area contributed by atoms with E-state index < -0.39 is 0 Å². The lowest BCUT2D eigenvalue weighted by Crippen LogP contribution is -2.21. The second kappa shape index (κ2) is 7.18. The molecule has 2 aromatic heterocycles. The van der Waals surface area contributed by atoms with Crippen LogP contribution in [0.3, 0.4) is 0 Å². The van der Waals surface area contributed by atoms with Gasteiger partial charge in [0.25, 0.3) is 0 Å². The van der Waals surface area contributed by atoms with Crippen LogP contribution in [0.1, 0.15) is 12.7 Å². The number of hydrogen-bond donors (Lipinski definition) is 1. The summed E-state index contributed by atoms with van der Waals surface area (Å²) in [7, 11) is 0. The van der Waals surface area contributed by atoms with E-state index in [1.807, 2.05) is 18.4 Å². The Morgan fingerprint density at radius 2 is 2.28 bits per heavy atom. The third kappa shape index (κ3) is 4.31. The van der Waals surface area contributed by atoms with Gasteiger partial charge in [-0.25, -0.2) is 0 Å². The number of nitrogens with one attached hydrogen (secondary N) is 1. The lowest BCUT2D eigenvalue weighted by atomic mass is 10.4. The van der Waals surface area contributed by atoms with Crippen molar-refractivity contribution in [3.05, 3.63) is 24.2 Å². The van der Waals surface area contributed by atoms with E-state index in [1.165, 1.54) is 0 Å². The van der Waals surface area contributed by atoms with Gasteiger partial charge < -0.3 is 9.73 Å². The molecule has 2 rings (SSSR count).